The van der Waals surface area contributed by atoms with E-state index in [0.717, 1.165) is 25.9 Å². The molecule has 1 N–H and O–H groups in total. The van der Waals surface area contributed by atoms with Crippen LogP contribution in [0.4, 0.5) is 0 Å². The number of carbonyl (C=O) groups excluding carboxylic acids is 1. The molecule has 6 heteroatoms. The summed E-state index contributed by atoms with van der Waals surface area (Å²) in [7, 11) is 1.70. The number of ketones is 1. The standard InChI is InChI=1S/C9H15N5O/c1-14-12-9(11-13-14)6-8(15)7-2-4-10-5-3-7/h7,10H,2-6H2,1H3. The van der Waals surface area contributed by atoms with E-state index in [1.807, 2.05) is 0 Å². The van der Waals surface area contributed by atoms with Crippen molar-refractivity contribution in [2.75, 3.05) is 13.1 Å². The van der Waals surface area contributed by atoms with Crippen molar-refractivity contribution >= 4 is 5.78 Å². The van der Waals surface area contributed by atoms with Crippen LogP contribution in [0.25, 0.3) is 0 Å². The summed E-state index contributed by atoms with van der Waals surface area (Å²) in [6.07, 6.45) is 2.18. The van der Waals surface area contributed by atoms with Crippen molar-refractivity contribution < 1.29 is 4.79 Å². The average Bonchev–Trinajstić information content (AvgIpc) is 2.65. The topological polar surface area (TPSA) is 72.7 Å². The highest BCUT2D eigenvalue weighted by Gasteiger charge is 2.22. The molecular weight excluding hydrogens is 194 g/mol. The van der Waals surface area contributed by atoms with Crippen molar-refractivity contribution in [1.29, 1.82) is 0 Å². The minimum atomic E-state index is 0.176. The minimum absolute atomic E-state index is 0.176. The van der Waals surface area contributed by atoms with Gasteiger partial charge in [0.15, 0.2) is 5.82 Å². The molecular formula is C9H15N5O. The van der Waals surface area contributed by atoms with Crippen LogP contribution in [0.2, 0.25) is 0 Å². The predicted octanol–water partition coefficient (Wildman–Crippen LogP) is -0.679. The molecule has 1 aliphatic rings. The molecule has 1 aliphatic heterocycles. The van der Waals surface area contributed by atoms with Gasteiger partial charge in [0.05, 0.1) is 13.5 Å². The summed E-state index contributed by atoms with van der Waals surface area (Å²) in [4.78, 5) is 13.2. The van der Waals surface area contributed by atoms with E-state index in [1.54, 1.807) is 7.05 Å². The molecule has 0 unspecified atom stereocenters. The summed E-state index contributed by atoms with van der Waals surface area (Å²) >= 11 is 0. The lowest BCUT2D eigenvalue weighted by molar-refractivity contribution is -0.123. The maximum absolute atomic E-state index is 11.8. The molecule has 15 heavy (non-hydrogen) atoms. The first kappa shape index (κ1) is 10.2. The molecule has 0 amide bonds. The number of rotatable bonds is 3. The summed E-state index contributed by atoms with van der Waals surface area (Å²) < 4.78 is 0. The van der Waals surface area contributed by atoms with E-state index < -0.39 is 0 Å². The van der Waals surface area contributed by atoms with Crippen molar-refractivity contribution in [2.24, 2.45) is 13.0 Å². The average molecular weight is 209 g/mol. The number of hydrogen-bond acceptors (Lipinski definition) is 5. The number of carbonyl (C=O) groups is 1. The molecule has 6 nitrogen and oxygen atoms in total. The largest absolute Gasteiger partial charge is 0.317 e. The predicted molar refractivity (Wildman–Crippen MR) is 53.1 cm³/mol. The molecule has 1 fully saturated rings. The lowest BCUT2D eigenvalue weighted by Crippen LogP contribution is -2.32. The number of aryl methyl sites for hydroxylation is 1. The summed E-state index contributed by atoms with van der Waals surface area (Å²) in [6, 6.07) is 0. The van der Waals surface area contributed by atoms with Crippen molar-refractivity contribution in [3.05, 3.63) is 5.82 Å². The van der Waals surface area contributed by atoms with E-state index in [9.17, 15) is 4.79 Å². The molecule has 82 valence electrons. The molecule has 0 atom stereocenters. The molecule has 0 radical (unpaired) electrons. The fourth-order valence-corrected chi connectivity index (χ4v) is 1.84. The van der Waals surface area contributed by atoms with Crippen LogP contribution >= 0.6 is 0 Å². The van der Waals surface area contributed by atoms with Crippen molar-refractivity contribution in [3.8, 4) is 0 Å². The number of hydrogen-bond donors (Lipinski definition) is 1. The number of piperidine rings is 1. The minimum Gasteiger partial charge on any atom is -0.317 e. The highest BCUT2D eigenvalue weighted by atomic mass is 16.1. The smallest absolute Gasteiger partial charge is 0.182 e. The zero-order valence-corrected chi connectivity index (χ0v) is 8.81. The van der Waals surface area contributed by atoms with Crippen LogP contribution in [-0.2, 0) is 18.3 Å². The second-order valence-electron chi connectivity index (χ2n) is 3.86. The lowest BCUT2D eigenvalue weighted by Gasteiger charge is -2.20. The summed E-state index contributed by atoms with van der Waals surface area (Å²) in [5.41, 5.74) is 0. The lowest BCUT2D eigenvalue weighted by atomic mass is 9.92. The molecule has 2 heterocycles. The van der Waals surface area contributed by atoms with Crippen LogP contribution in [-0.4, -0.2) is 39.1 Å². The SMILES string of the molecule is Cn1nnc(CC(=O)C2CCNCC2)n1. The molecule has 0 saturated carbocycles. The molecule has 0 spiro atoms. The van der Waals surface area contributed by atoms with E-state index in [0.29, 0.717) is 12.2 Å². The summed E-state index contributed by atoms with van der Waals surface area (Å²) in [5.74, 6) is 0.945. The van der Waals surface area contributed by atoms with Crippen molar-refractivity contribution in [2.45, 2.75) is 19.3 Å². The first-order chi connectivity index (χ1) is 7.25. The maximum atomic E-state index is 11.8. The zero-order chi connectivity index (χ0) is 10.7. The van der Waals surface area contributed by atoms with Gasteiger partial charge in [-0.15, -0.1) is 10.2 Å². The van der Waals surface area contributed by atoms with Gasteiger partial charge in [0.1, 0.15) is 5.78 Å². The van der Waals surface area contributed by atoms with Gasteiger partial charge in [0.2, 0.25) is 0 Å². The van der Waals surface area contributed by atoms with Gasteiger partial charge < -0.3 is 5.32 Å². The Morgan fingerprint density at radius 3 is 2.87 bits per heavy atom. The van der Waals surface area contributed by atoms with E-state index in [1.165, 1.54) is 4.80 Å². The number of nitrogens with zero attached hydrogens (tertiary/aromatic N) is 4. The number of nitrogens with one attached hydrogen (secondary N) is 1. The maximum Gasteiger partial charge on any atom is 0.182 e. The van der Waals surface area contributed by atoms with Crippen LogP contribution in [0, 0.1) is 5.92 Å². The van der Waals surface area contributed by atoms with Gasteiger partial charge in [0, 0.05) is 5.92 Å². The first-order valence-electron chi connectivity index (χ1n) is 5.22. The Hall–Kier alpha value is -1.30. The third-order valence-electron chi connectivity index (χ3n) is 2.68. The third-order valence-corrected chi connectivity index (χ3v) is 2.68. The molecule has 2 rings (SSSR count). The van der Waals surface area contributed by atoms with Gasteiger partial charge in [-0.2, -0.15) is 4.80 Å². The number of tetrazole rings is 1. The van der Waals surface area contributed by atoms with Gasteiger partial charge in [-0.25, -0.2) is 0 Å². The van der Waals surface area contributed by atoms with Gasteiger partial charge in [0.25, 0.3) is 0 Å². The molecule has 0 aromatic carbocycles. The molecule has 1 aromatic heterocycles. The second kappa shape index (κ2) is 4.48. The van der Waals surface area contributed by atoms with Crippen LogP contribution in [0.3, 0.4) is 0 Å². The van der Waals surface area contributed by atoms with E-state index in [2.05, 4.69) is 20.7 Å². The molecule has 0 aliphatic carbocycles. The van der Waals surface area contributed by atoms with Crippen LogP contribution in [0.5, 0.6) is 0 Å². The van der Waals surface area contributed by atoms with Crippen molar-refractivity contribution in [1.82, 2.24) is 25.5 Å². The monoisotopic (exact) mass is 209 g/mol. The normalized spacial score (nSPS) is 17.9. The van der Waals surface area contributed by atoms with E-state index in [-0.39, 0.29) is 11.7 Å². The first-order valence-corrected chi connectivity index (χ1v) is 5.22. The van der Waals surface area contributed by atoms with Crippen LogP contribution in [0.15, 0.2) is 0 Å². The Morgan fingerprint density at radius 2 is 2.27 bits per heavy atom. The van der Waals surface area contributed by atoms with Gasteiger partial charge in [-0.1, -0.05) is 0 Å². The number of aromatic nitrogens is 4. The summed E-state index contributed by atoms with van der Waals surface area (Å²) in [6.45, 7) is 1.87. The summed E-state index contributed by atoms with van der Waals surface area (Å²) in [5, 5.41) is 14.8. The zero-order valence-electron chi connectivity index (χ0n) is 8.81. The molecule has 1 saturated heterocycles. The Labute approximate surface area is 88.0 Å². The quantitative estimate of drug-likeness (QED) is 0.714. The van der Waals surface area contributed by atoms with Gasteiger partial charge >= 0.3 is 0 Å². The number of Topliss-reactive ketones (excluding diaryl/α,β-unsaturated/α-hetero) is 1. The molecule has 1 aromatic rings. The fourth-order valence-electron chi connectivity index (χ4n) is 1.84. The van der Waals surface area contributed by atoms with Gasteiger partial charge in [-0.05, 0) is 31.1 Å². The van der Waals surface area contributed by atoms with Crippen molar-refractivity contribution in [3.63, 3.8) is 0 Å². The highest BCUT2D eigenvalue weighted by molar-refractivity contribution is 5.82. The molecule has 0 bridgehead atoms. The Bertz CT molecular complexity index is 342. The van der Waals surface area contributed by atoms with Gasteiger partial charge in [-0.3, -0.25) is 4.79 Å². The third kappa shape index (κ3) is 2.59. The van der Waals surface area contributed by atoms with Crippen LogP contribution < -0.4 is 5.32 Å². The van der Waals surface area contributed by atoms with E-state index >= 15 is 0 Å². The highest BCUT2D eigenvalue weighted by Crippen LogP contribution is 2.14. The second-order valence-corrected chi connectivity index (χ2v) is 3.86. The Balaban J connectivity index is 1.91. The fraction of sp³-hybridized carbons (Fsp3) is 0.778. The Morgan fingerprint density at radius 1 is 1.53 bits per heavy atom. The van der Waals surface area contributed by atoms with Crippen LogP contribution in [0.1, 0.15) is 18.7 Å². The van der Waals surface area contributed by atoms with E-state index in [4.69, 9.17) is 0 Å². The Kier molecular flexibility index (Phi) is 3.05.